The van der Waals surface area contributed by atoms with Gasteiger partial charge in [-0.2, -0.15) is 0 Å². The number of amides is 1. The third kappa shape index (κ3) is 4.26. The molecule has 2 fully saturated rings. The number of hydrogen-bond donors (Lipinski definition) is 1. The summed E-state index contributed by atoms with van der Waals surface area (Å²) < 4.78 is 0. The van der Waals surface area contributed by atoms with Gasteiger partial charge in [0.25, 0.3) is 5.56 Å². The number of carbonyl (C=O) groups is 1. The molecule has 1 atom stereocenters. The number of H-pyrrole nitrogens is 1. The van der Waals surface area contributed by atoms with E-state index >= 15 is 0 Å². The summed E-state index contributed by atoms with van der Waals surface area (Å²) in [5.74, 6) is 1.68. The quantitative estimate of drug-likeness (QED) is 0.882. The Kier molecular flexibility index (Phi) is 5.32. The normalized spacial score (nSPS) is 20.3. The van der Waals surface area contributed by atoms with Gasteiger partial charge in [-0.25, -0.2) is 4.98 Å². The first-order valence-electron chi connectivity index (χ1n) is 9.98. The number of rotatable bonds is 5. The highest BCUT2D eigenvalue weighted by atomic mass is 16.2. The molecule has 2 aliphatic rings. The molecule has 2 aromatic rings. The van der Waals surface area contributed by atoms with E-state index in [9.17, 15) is 9.59 Å². The highest BCUT2D eigenvalue weighted by Gasteiger charge is 2.29. The van der Waals surface area contributed by atoms with Crippen molar-refractivity contribution in [2.24, 2.45) is 5.92 Å². The van der Waals surface area contributed by atoms with Gasteiger partial charge >= 0.3 is 0 Å². The van der Waals surface area contributed by atoms with E-state index in [0.717, 1.165) is 36.6 Å². The minimum absolute atomic E-state index is 0.128. The number of aromatic nitrogens is 3. The van der Waals surface area contributed by atoms with Crippen LogP contribution in [0.5, 0.6) is 0 Å². The lowest BCUT2D eigenvalue weighted by atomic mass is 10.0. The van der Waals surface area contributed by atoms with E-state index in [2.05, 4.69) is 15.0 Å². The number of hydrogen-bond acceptors (Lipinski definition) is 4. The van der Waals surface area contributed by atoms with Crippen LogP contribution in [0.3, 0.4) is 0 Å². The summed E-state index contributed by atoms with van der Waals surface area (Å²) in [6.45, 7) is 1.42. The molecule has 0 radical (unpaired) electrons. The second-order valence-electron chi connectivity index (χ2n) is 7.77. The summed E-state index contributed by atoms with van der Waals surface area (Å²) in [5.41, 5.74) is 1.46. The zero-order chi connectivity index (χ0) is 18.6. The van der Waals surface area contributed by atoms with Gasteiger partial charge in [-0.15, -0.1) is 0 Å². The molecule has 1 aliphatic carbocycles. The Labute approximate surface area is 159 Å². The topological polar surface area (TPSA) is 79.0 Å². The van der Waals surface area contributed by atoms with E-state index < -0.39 is 0 Å². The SMILES string of the molecule is O=C(CCC1CCCC1)N1CCC(c2cc(=O)[nH]c(-c3ccncc3)n2)C1. The van der Waals surface area contributed by atoms with Crippen molar-refractivity contribution in [3.63, 3.8) is 0 Å². The zero-order valence-electron chi connectivity index (χ0n) is 15.6. The van der Waals surface area contributed by atoms with Crippen molar-refractivity contribution in [2.75, 3.05) is 13.1 Å². The molecule has 1 saturated carbocycles. The van der Waals surface area contributed by atoms with Gasteiger partial charge in [0.15, 0.2) is 0 Å². The number of likely N-dealkylation sites (tertiary alicyclic amines) is 1. The highest BCUT2D eigenvalue weighted by molar-refractivity contribution is 5.76. The monoisotopic (exact) mass is 366 g/mol. The minimum Gasteiger partial charge on any atom is -0.342 e. The Morgan fingerprint density at radius 3 is 2.74 bits per heavy atom. The summed E-state index contributed by atoms with van der Waals surface area (Å²) in [4.78, 5) is 38.1. The molecule has 0 bridgehead atoms. The Bertz CT molecular complexity index is 843. The van der Waals surface area contributed by atoms with Crippen LogP contribution in [0.15, 0.2) is 35.4 Å². The van der Waals surface area contributed by atoms with Crippen LogP contribution in [0.25, 0.3) is 11.4 Å². The van der Waals surface area contributed by atoms with Crippen molar-refractivity contribution < 1.29 is 4.79 Å². The molecule has 4 rings (SSSR count). The molecule has 142 valence electrons. The maximum atomic E-state index is 12.6. The molecule has 0 spiro atoms. The first kappa shape index (κ1) is 17.9. The fraction of sp³-hybridized carbons (Fsp3) is 0.524. The first-order valence-corrected chi connectivity index (χ1v) is 9.98. The van der Waals surface area contributed by atoms with Crippen molar-refractivity contribution in [3.8, 4) is 11.4 Å². The lowest BCUT2D eigenvalue weighted by Gasteiger charge is -2.18. The molecular weight excluding hydrogens is 340 g/mol. The average Bonchev–Trinajstić information content (AvgIpc) is 3.38. The van der Waals surface area contributed by atoms with Crippen LogP contribution in [0.4, 0.5) is 0 Å². The molecule has 1 unspecified atom stereocenters. The van der Waals surface area contributed by atoms with Crippen molar-refractivity contribution in [2.45, 2.75) is 50.9 Å². The largest absolute Gasteiger partial charge is 0.342 e. The standard InChI is InChI=1S/C21H26N4O2/c26-19-13-18(23-21(24-19)16-7-10-22-11-8-16)17-9-12-25(14-17)20(27)6-5-15-3-1-2-4-15/h7-8,10-11,13,15,17H,1-6,9,12,14H2,(H,23,24,26). The molecule has 1 N–H and O–H groups in total. The lowest BCUT2D eigenvalue weighted by Crippen LogP contribution is -2.28. The summed E-state index contributed by atoms with van der Waals surface area (Å²) in [6, 6.07) is 5.23. The van der Waals surface area contributed by atoms with Gasteiger partial charge in [-0.05, 0) is 30.9 Å². The molecule has 6 nitrogen and oxygen atoms in total. The van der Waals surface area contributed by atoms with Crippen molar-refractivity contribution >= 4 is 5.91 Å². The molecule has 2 aromatic heterocycles. The lowest BCUT2D eigenvalue weighted by molar-refractivity contribution is -0.130. The van der Waals surface area contributed by atoms with Crippen LogP contribution in [0.1, 0.15) is 56.6 Å². The predicted molar refractivity (Wildman–Crippen MR) is 103 cm³/mol. The zero-order valence-corrected chi connectivity index (χ0v) is 15.6. The average molecular weight is 366 g/mol. The van der Waals surface area contributed by atoms with Crippen LogP contribution in [0, 0.1) is 5.92 Å². The van der Waals surface area contributed by atoms with E-state index in [1.807, 2.05) is 17.0 Å². The van der Waals surface area contributed by atoms with Crippen molar-refractivity contribution in [1.29, 1.82) is 0 Å². The first-order chi connectivity index (χ1) is 13.2. The van der Waals surface area contributed by atoms with E-state index in [1.54, 1.807) is 18.5 Å². The molecule has 1 aliphatic heterocycles. The number of nitrogens with zero attached hydrogens (tertiary/aromatic N) is 3. The van der Waals surface area contributed by atoms with Gasteiger partial charge in [0.05, 0.1) is 5.69 Å². The number of pyridine rings is 1. The van der Waals surface area contributed by atoms with Crippen LogP contribution < -0.4 is 5.56 Å². The maximum absolute atomic E-state index is 12.6. The van der Waals surface area contributed by atoms with Crippen LogP contribution in [-0.4, -0.2) is 38.8 Å². The summed E-state index contributed by atoms with van der Waals surface area (Å²) in [6.07, 6.45) is 11.1. The maximum Gasteiger partial charge on any atom is 0.251 e. The fourth-order valence-electron chi connectivity index (χ4n) is 4.35. The van der Waals surface area contributed by atoms with E-state index in [-0.39, 0.29) is 17.4 Å². The second-order valence-corrected chi connectivity index (χ2v) is 7.77. The van der Waals surface area contributed by atoms with Crippen LogP contribution in [0.2, 0.25) is 0 Å². The summed E-state index contributed by atoms with van der Waals surface area (Å²) in [7, 11) is 0. The number of aromatic amines is 1. The molecule has 0 aromatic carbocycles. The van der Waals surface area contributed by atoms with Crippen molar-refractivity contribution in [1.82, 2.24) is 19.9 Å². The number of nitrogens with one attached hydrogen (secondary N) is 1. The Balaban J connectivity index is 1.41. The van der Waals surface area contributed by atoms with Gasteiger partial charge in [-0.3, -0.25) is 14.6 Å². The highest BCUT2D eigenvalue weighted by Crippen LogP contribution is 2.30. The Hall–Kier alpha value is -2.50. The predicted octanol–water partition coefficient (Wildman–Crippen LogP) is 3.12. The Morgan fingerprint density at radius 1 is 1.19 bits per heavy atom. The van der Waals surface area contributed by atoms with Gasteiger partial charge < -0.3 is 9.88 Å². The van der Waals surface area contributed by atoms with Gasteiger partial charge in [0.2, 0.25) is 5.91 Å². The molecule has 27 heavy (non-hydrogen) atoms. The smallest absolute Gasteiger partial charge is 0.251 e. The molecular formula is C21H26N4O2. The summed E-state index contributed by atoms with van der Waals surface area (Å²) >= 11 is 0. The molecule has 6 heteroatoms. The van der Waals surface area contributed by atoms with Gasteiger partial charge in [0.1, 0.15) is 5.82 Å². The third-order valence-electron chi connectivity index (χ3n) is 5.92. The summed E-state index contributed by atoms with van der Waals surface area (Å²) in [5, 5.41) is 0. The fourth-order valence-corrected chi connectivity index (χ4v) is 4.35. The molecule has 1 saturated heterocycles. The van der Waals surface area contributed by atoms with E-state index in [0.29, 0.717) is 18.8 Å². The van der Waals surface area contributed by atoms with E-state index in [4.69, 9.17) is 0 Å². The molecule has 3 heterocycles. The van der Waals surface area contributed by atoms with Gasteiger partial charge in [-0.1, -0.05) is 25.7 Å². The van der Waals surface area contributed by atoms with Crippen LogP contribution >= 0.6 is 0 Å². The third-order valence-corrected chi connectivity index (χ3v) is 5.92. The number of carbonyl (C=O) groups excluding carboxylic acids is 1. The van der Waals surface area contributed by atoms with Crippen LogP contribution in [-0.2, 0) is 4.79 Å². The Morgan fingerprint density at radius 2 is 1.96 bits per heavy atom. The van der Waals surface area contributed by atoms with E-state index in [1.165, 1.54) is 25.7 Å². The van der Waals surface area contributed by atoms with Crippen molar-refractivity contribution in [3.05, 3.63) is 46.6 Å². The minimum atomic E-state index is -0.155. The van der Waals surface area contributed by atoms with Gasteiger partial charge in [0, 0.05) is 49.5 Å². The second kappa shape index (κ2) is 8.03. The molecule has 1 amide bonds.